The third kappa shape index (κ3) is 2.46. The summed E-state index contributed by atoms with van der Waals surface area (Å²) in [5, 5.41) is 3.19. The Morgan fingerprint density at radius 1 is 1.22 bits per heavy atom. The van der Waals surface area contributed by atoms with Crippen molar-refractivity contribution >= 4 is 34.1 Å². The molecule has 0 fully saturated rings. The largest absolute Gasteiger partial charge is 0.459 e. The normalized spacial score (nSPS) is 12.9. The zero-order valence-electron chi connectivity index (χ0n) is 9.71. The molecule has 1 unspecified atom stereocenters. The predicted octanol–water partition coefficient (Wildman–Crippen LogP) is 4.29. The van der Waals surface area contributed by atoms with Crippen molar-refractivity contribution in [2.24, 2.45) is 5.73 Å². The quantitative estimate of drug-likeness (QED) is 0.722. The molecule has 0 spiro atoms. The fraction of sp³-hybridized carbons (Fsp3) is 0.143. The molecule has 0 radical (unpaired) electrons. The summed E-state index contributed by atoms with van der Waals surface area (Å²) in [4.78, 5) is 0. The highest BCUT2D eigenvalue weighted by Gasteiger charge is 2.12. The molecule has 92 valence electrons. The van der Waals surface area contributed by atoms with E-state index < -0.39 is 0 Å². The van der Waals surface area contributed by atoms with Gasteiger partial charge in [-0.05, 0) is 23.6 Å². The van der Waals surface area contributed by atoms with Gasteiger partial charge in [0, 0.05) is 11.1 Å². The number of hydrogen-bond donors (Lipinski definition) is 1. The van der Waals surface area contributed by atoms with E-state index in [0.717, 1.165) is 22.5 Å². The Morgan fingerprint density at radius 2 is 2.11 bits per heavy atom. The van der Waals surface area contributed by atoms with E-state index in [2.05, 4.69) is 17.5 Å². The molecule has 0 aliphatic carbocycles. The van der Waals surface area contributed by atoms with E-state index in [1.165, 1.54) is 4.21 Å². The van der Waals surface area contributed by atoms with Gasteiger partial charge in [-0.1, -0.05) is 24.3 Å². The van der Waals surface area contributed by atoms with Crippen LogP contribution in [0, 0.1) is 0 Å². The molecule has 18 heavy (non-hydrogen) atoms. The second-order valence-electron chi connectivity index (χ2n) is 4.04. The summed E-state index contributed by atoms with van der Waals surface area (Å²) in [6, 6.07) is 14.1. The van der Waals surface area contributed by atoms with Gasteiger partial charge in [0.1, 0.15) is 11.3 Å². The fourth-order valence-corrected chi connectivity index (χ4v) is 3.56. The van der Waals surface area contributed by atoms with Gasteiger partial charge in [-0.3, -0.25) is 0 Å². The maximum Gasteiger partial charge on any atom is 0.134 e. The number of fused-ring (bicyclic) bond motifs is 1. The van der Waals surface area contributed by atoms with Crippen molar-refractivity contribution in [1.82, 2.24) is 0 Å². The maximum atomic E-state index is 6.17. The molecular formula is C14H13NOS2. The molecule has 0 bridgehead atoms. The number of hydrogen-bond acceptors (Lipinski definition) is 4. The molecule has 4 heteroatoms. The highest BCUT2D eigenvalue weighted by molar-refractivity contribution is 8.01. The summed E-state index contributed by atoms with van der Waals surface area (Å²) in [5.74, 6) is 1.70. The van der Waals surface area contributed by atoms with Crippen LogP contribution in [0.1, 0.15) is 11.8 Å². The van der Waals surface area contributed by atoms with E-state index in [-0.39, 0.29) is 6.04 Å². The third-order valence-electron chi connectivity index (χ3n) is 2.71. The second-order valence-corrected chi connectivity index (χ2v) is 6.30. The smallest absolute Gasteiger partial charge is 0.134 e. The van der Waals surface area contributed by atoms with E-state index in [1.54, 1.807) is 23.1 Å². The van der Waals surface area contributed by atoms with Crippen LogP contribution >= 0.6 is 23.1 Å². The zero-order valence-corrected chi connectivity index (χ0v) is 11.3. The van der Waals surface area contributed by atoms with Crippen LogP contribution in [-0.2, 0) is 0 Å². The van der Waals surface area contributed by atoms with Crippen molar-refractivity contribution in [2.45, 2.75) is 10.3 Å². The second kappa shape index (κ2) is 5.18. The number of furan rings is 1. The van der Waals surface area contributed by atoms with Crippen LogP contribution in [0.3, 0.4) is 0 Å². The summed E-state index contributed by atoms with van der Waals surface area (Å²) in [6.45, 7) is 0. The number of para-hydroxylation sites is 1. The highest BCUT2D eigenvalue weighted by atomic mass is 32.2. The lowest BCUT2D eigenvalue weighted by molar-refractivity contribution is 0.516. The lowest BCUT2D eigenvalue weighted by atomic mass is 10.2. The van der Waals surface area contributed by atoms with E-state index >= 15 is 0 Å². The van der Waals surface area contributed by atoms with E-state index in [1.807, 2.05) is 30.3 Å². The number of thioether (sulfide) groups is 1. The van der Waals surface area contributed by atoms with Crippen LogP contribution in [0.25, 0.3) is 11.0 Å². The van der Waals surface area contributed by atoms with Gasteiger partial charge in [0.05, 0.1) is 10.3 Å². The van der Waals surface area contributed by atoms with Gasteiger partial charge in [0.15, 0.2) is 0 Å². The molecule has 3 rings (SSSR count). The fourth-order valence-electron chi connectivity index (χ4n) is 1.78. The first kappa shape index (κ1) is 11.8. The summed E-state index contributed by atoms with van der Waals surface area (Å²) in [5.41, 5.74) is 7.07. The Kier molecular flexibility index (Phi) is 3.41. The van der Waals surface area contributed by atoms with Crippen molar-refractivity contribution in [1.29, 1.82) is 0 Å². The van der Waals surface area contributed by atoms with Gasteiger partial charge < -0.3 is 10.2 Å². The van der Waals surface area contributed by atoms with Gasteiger partial charge in [-0.2, -0.15) is 0 Å². The Hall–Kier alpha value is -1.23. The molecule has 2 aromatic heterocycles. The minimum absolute atomic E-state index is 0.0653. The first-order valence-electron chi connectivity index (χ1n) is 5.73. The molecule has 0 amide bonds. The van der Waals surface area contributed by atoms with Crippen LogP contribution < -0.4 is 5.73 Å². The number of nitrogens with two attached hydrogens (primary N) is 1. The van der Waals surface area contributed by atoms with E-state index in [4.69, 9.17) is 10.2 Å². The minimum atomic E-state index is -0.0653. The molecule has 0 saturated carbocycles. The van der Waals surface area contributed by atoms with Crippen molar-refractivity contribution < 1.29 is 4.42 Å². The highest BCUT2D eigenvalue weighted by Crippen LogP contribution is 2.29. The Bertz CT molecular complexity index is 597. The topological polar surface area (TPSA) is 39.2 Å². The van der Waals surface area contributed by atoms with Crippen LogP contribution in [-0.4, -0.2) is 5.75 Å². The summed E-state index contributed by atoms with van der Waals surface area (Å²) in [7, 11) is 0. The molecule has 0 aliphatic heterocycles. The molecule has 2 heterocycles. The van der Waals surface area contributed by atoms with Gasteiger partial charge in [-0.25, -0.2) is 0 Å². The lowest BCUT2D eigenvalue weighted by Gasteiger charge is -2.06. The van der Waals surface area contributed by atoms with Crippen LogP contribution in [0.2, 0.25) is 0 Å². The standard InChI is InChI=1S/C14H13NOS2/c15-11(9-18-14-6-3-7-17-14)13-8-10-4-1-2-5-12(10)16-13/h1-8,11H,9,15H2. The van der Waals surface area contributed by atoms with Crippen molar-refractivity contribution in [3.63, 3.8) is 0 Å². The Morgan fingerprint density at radius 3 is 2.89 bits per heavy atom. The average Bonchev–Trinajstić information content (AvgIpc) is 3.04. The summed E-state index contributed by atoms with van der Waals surface area (Å²) in [6.07, 6.45) is 0. The van der Waals surface area contributed by atoms with E-state index in [0.29, 0.717) is 0 Å². The van der Waals surface area contributed by atoms with Gasteiger partial charge in [0.25, 0.3) is 0 Å². The molecule has 1 atom stereocenters. The molecule has 3 aromatic rings. The molecule has 2 N–H and O–H groups in total. The first-order valence-corrected chi connectivity index (χ1v) is 7.60. The van der Waals surface area contributed by atoms with Gasteiger partial charge >= 0.3 is 0 Å². The van der Waals surface area contributed by atoms with Crippen LogP contribution in [0.4, 0.5) is 0 Å². The number of rotatable bonds is 4. The van der Waals surface area contributed by atoms with Gasteiger partial charge in [-0.15, -0.1) is 23.1 Å². The van der Waals surface area contributed by atoms with E-state index in [9.17, 15) is 0 Å². The lowest BCUT2D eigenvalue weighted by Crippen LogP contribution is -2.11. The molecular weight excluding hydrogens is 262 g/mol. The van der Waals surface area contributed by atoms with Crippen molar-refractivity contribution in [3.8, 4) is 0 Å². The number of thiophene rings is 1. The maximum absolute atomic E-state index is 6.17. The zero-order chi connectivity index (χ0) is 12.4. The first-order chi connectivity index (χ1) is 8.83. The van der Waals surface area contributed by atoms with Gasteiger partial charge in [0.2, 0.25) is 0 Å². The summed E-state index contributed by atoms with van der Waals surface area (Å²) >= 11 is 3.52. The number of benzene rings is 1. The summed E-state index contributed by atoms with van der Waals surface area (Å²) < 4.78 is 7.06. The SMILES string of the molecule is NC(CSc1cccs1)c1cc2ccccc2o1. The predicted molar refractivity (Wildman–Crippen MR) is 78.2 cm³/mol. The van der Waals surface area contributed by atoms with Crippen LogP contribution in [0.5, 0.6) is 0 Å². The molecule has 0 saturated heterocycles. The Labute approximate surface area is 114 Å². The van der Waals surface area contributed by atoms with Crippen molar-refractivity contribution in [2.75, 3.05) is 5.75 Å². The monoisotopic (exact) mass is 275 g/mol. The average molecular weight is 275 g/mol. The minimum Gasteiger partial charge on any atom is -0.459 e. The van der Waals surface area contributed by atoms with Crippen molar-refractivity contribution in [3.05, 3.63) is 53.6 Å². The van der Waals surface area contributed by atoms with Crippen LogP contribution in [0.15, 0.2) is 56.5 Å². The molecule has 0 aliphatic rings. The third-order valence-corrected chi connectivity index (χ3v) is 4.96. The molecule has 1 aromatic carbocycles. The molecule has 2 nitrogen and oxygen atoms in total. The Balaban J connectivity index is 1.73.